The first kappa shape index (κ1) is 16.4. The molecule has 2 nitrogen and oxygen atoms in total. The Kier molecular flexibility index (Phi) is 5.30. The highest BCUT2D eigenvalue weighted by Gasteiger charge is 2.22. The van der Waals surface area contributed by atoms with Gasteiger partial charge in [-0.2, -0.15) is 0 Å². The van der Waals surface area contributed by atoms with Crippen molar-refractivity contribution in [2.45, 2.75) is 6.61 Å². The van der Waals surface area contributed by atoms with Gasteiger partial charge in [0.05, 0.1) is 31.7 Å². The molecule has 0 amide bonds. The lowest BCUT2D eigenvalue weighted by Crippen LogP contribution is -1.94. The number of aromatic nitrogens is 1. The van der Waals surface area contributed by atoms with Crippen molar-refractivity contribution in [3.63, 3.8) is 0 Å². The third-order valence-corrected chi connectivity index (χ3v) is 5.09. The van der Waals surface area contributed by atoms with Crippen LogP contribution >= 0.6 is 69.6 Å². The Balaban J connectivity index is 2.83. The minimum atomic E-state index is -0.276. The van der Waals surface area contributed by atoms with E-state index in [2.05, 4.69) is 4.98 Å². The maximum Gasteiger partial charge on any atom is 0.129 e. The average Bonchev–Trinajstić information content (AvgIpc) is 2.44. The van der Waals surface area contributed by atoms with Crippen molar-refractivity contribution in [3.05, 3.63) is 48.1 Å². The third kappa shape index (κ3) is 2.84. The fourth-order valence-electron chi connectivity index (χ4n) is 1.67. The summed E-state index contributed by atoms with van der Waals surface area (Å²) < 4.78 is 0. The van der Waals surface area contributed by atoms with Crippen molar-refractivity contribution in [3.8, 4) is 11.1 Å². The van der Waals surface area contributed by atoms with Crippen LogP contribution in [0.4, 0.5) is 0 Å². The predicted molar refractivity (Wildman–Crippen MR) is 85.7 cm³/mol. The van der Waals surface area contributed by atoms with E-state index < -0.39 is 0 Å². The second-order valence-corrected chi connectivity index (χ2v) is 6.04. The van der Waals surface area contributed by atoms with Gasteiger partial charge in [-0.15, -0.1) is 0 Å². The highest BCUT2D eigenvalue weighted by atomic mass is 35.5. The van der Waals surface area contributed by atoms with Crippen LogP contribution in [0.3, 0.4) is 0 Å². The van der Waals surface area contributed by atoms with E-state index in [4.69, 9.17) is 69.6 Å². The lowest BCUT2D eigenvalue weighted by Gasteiger charge is -2.15. The Morgan fingerprint density at radius 3 is 1.85 bits per heavy atom. The predicted octanol–water partition coefficient (Wildman–Crippen LogP) is 6.16. The quantitative estimate of drug-likeness (QED) is 0.377. The molecule has 0 aliphatic heterocycles. The summed E-state index contributed by atoms with van der Waals surface area (Å²) in [5.74, 6) is 0. The molecular formula is C12H5Cl6NO. The van der Waals surface area contributed by atoms with Crippen LogP contribution in [0.15, 0.2) is 12.3 Å². The van der Waals surface area contributed by atoms with Crippen molar-refractivity contribution in [1.29, 1.82) is 0 Å². The summed E-state index contributed by atoms with van der Waals surface area (Å²) in [7, 11) is 0. The van der Waals surface area contributed by atoms with Crippen LogP contribution in [-0.4, -0.2) is 10.1 Å². The van der Waals surface area contributed by atoms with Gasteiger partial charge in [0, 0.05) is 17.3 Å². The van der Waals surface area contributed by atoms with Gasteiger partial charge in [0.2, 0.25) is 0 Å². The van der Waals surface area contributed by atoms with E-state index in [1.165, 1.54) is 12.3 Å². The summed E-state index contributed by atoms with van der Waals surface area (Å²) in [5, 5.41) is 10.1. The molecule has 1 aromatic heterocycles. The van der Waals surface area contributed by atoms with E-state index in [1.807, 2.05) is 0 Å². The number of hydrogen-bond donors (Lipinski definition) is 1. The van der Waals surface area contributed by atoms with E-state index in [9.17, 15) is 5.11 Å². The molecule has 0 fully saturated rings. The molecule has 106 valence electrons. The lowest BCUT2D eigenvalue weighted by atomic mass is 10.0. The molecular weight excluding hydrogens is 387 g/mol. The minimum Gasteiger partial charge on any atom is -0.392 e. The van der Waals surface area contributed by atoms with Crippen molar-refractivity contribution in [2.24, 2.45) is 0 Å². The fourth-order valence-corrected chi connectivity index (χ4v) is 3.19. The van der Waals surface area contributed by atoms with Crippen molar-refractivity contribution in [1.82, 2.24) is 4.98 Å². The molecule has 8 heteroatoms. The van der Waals surface area contributed by atoms with E-state index in [1.54, 1.807) is 0 Å². The Morgan fingerprint density at radius 1 is 0.850 bits per heavy atom. The Labute approximate surface area is 145 Å². The van der Waals surface area contributed by atoms with Gasteiger partial charge < -0.3 is 5.11 Å². The Bertz CT molecular complexity index is 659. The first-order chi connectivity index (χ1) is 9.38. The number of aliphatic hydroxyl groups excluding tert-OH is 1. The largest absolute Gasteiger partial charge is 0.392 e. The van der Waals surface area contributed by atoms with Crippen molar-refractivity contribution < 1.29 is 5.11 Å². The van der Waals surface area contributed by atoms with Gasteiger partial charge in [0.1, 0.15) is 5.15 Å². The average molecular weight is 392 g/mol. The van der Waals surface area contributed by atoms with Gasteiger partial charge in [0.25, 0.3) is 0 Å². The van der Waals surface area contributed by atoms with Gasteiger partial charge in [-0.1, -0.05) is 69.6 Å². The molecule has 0 saturated heterocycles. The van der Waals surface area contributed by atoms with E-state index in [0.29, 0.717) is 16.7 Å². The molecule has 1 heterocycles. The number of nitrogens with zero attached hydrogens (tertiary/aromatic N) is 1. The molecule has 0 saturated carbocycles. The molecule has 0 radical (unpaired) electrons. The highest BCUT2D eigenvalue weighted by molar-refractivity contribution is 6.56. The Morgan fingerprint density at radius 2 is 1.35 bits per heavy atom. The normalized spacial score (nSPS) is 10.9. The topological polar surface area (TPSA) is 33.1 Å². The van der Waals surface area contributed by atoms with Crippen molar-refractivity contribution in [2.75, 3.05) is 0 Å². The molecule has 0 atom stereocenters. The minimum absolute atomic E-state index is 0.0690. The second-order valence-electron chi connectivity index (χ2n) is 3.77. The Hall–Kier alpha value is 0.0700. The highest BCUT2D eigenvalue weighted by Crippen LogP contribution is 2.48. The number of pyridine rings is 1. The number of benzene rings is 1. The first-order valence-corrected chi connectivity index (χ1v) is 7.42. The fraction of sp³-hybridized carbons (Fsp3) is 0.0833. The van der Waals surface area contributed by atoms with Gasteiger partial charge in [-0.25, -0.2) is 4.98 Å². The summed E-state index contributed by atoms with van der Waals surface area (Å²) in [4.78, 5) is 3.95. The summed E-state index contributed by atoms with van der Waals surface area (Å²) in [5.41, 5.74) is 1.32. The molecule has 0 unspecified atom stereocenters. The van der Waals surface area contributed by atoms with Crippen LogP contribution in [-0.2, 0) is 6.61 Å². The van der Waals surface area contributed by atoms with E-state index >= 15 is 0 Å². The SMILES string of the molecule is OCc1cc(Cl)ncc1-c1c(Cl)c(Cl)c(Cl)c(Cl)c1Cl. The summed E-state index contributed by atoms with van der Waals surface area (Å²) in [6, 6.07) is 1.50. The van der Waals surface area contributed by atoms with Gasteiger partial charge in [-0.05, 0) is 11.6 Å². The van der Waals surface area contributed by atoms with Crippen LogP contribution in [0, 0.1) is 0 Å². The van der Waals surface area contributed by atoms with Crippen molar-refractivity contribution >= 4 is 69.6 Å². The van der Waals surface area contributed by atoms with Crippen LogP contribution in [0.5, 0.6) is 0 Å². The zero-order valence-electron chi connectivity index (χ0n) is 9.52. The maximum absolute atomic E-state index is 9.41. The number of rotatable bonds is 2. The third-order valence-electron chi connectivity index (χ3n) is 2.61. The number of hydrogen-bond acceptors (Lipinski definition) is 2. The zero-order valence-corrected chi connectivity index (χ0v) is 14.1. The molecule has 20 heavy (non-hydrogen) atoms. The van der Waals surface area contributed by atoms with Crippen LogP contribution in [0.25, 0.3) is 11.1 Å². The molecule has 1 N–H and O–H groups in total. The first-order valence-electron chi connectivity index (χ1n) is 5.15. The monoisotopic (exact) mass is 389 g/mol. The van der Waals surface area contributed by atoms with Gasteiger partial charge in [-0.3, -0.25) is 0 Å². The molecule has 0 bridgehead atoms. The zero-order chi connectivity index (χ0) is 15.0. The lowest BCUT2D eigenvalue weighted by molar-refractivity contribution is 0.282. The molecule has 0 aliphatic rings. The standard InChI is InChI=1S/C12H5Cl6NO/c13-6-1-4(3-20)5(2-19-6)7-8(14)10(16)12(18)11(17)9(7)15/h1-2,20H,3H2. The molecule has 0 spiro atoms. The van der Waals surface area contributed by atoms with E-state index in [0.717, 1.165) is 0 Å². The maximum atomic E-state index is 9.41. The molecule has 1 aromatic carbocycles. The van der Waals surface area contributed by atoms with Crippen LogP contribution in [0.1, 0.15) is 5.56 Å². The van der Waals surface area contributed by atoms with Crippen LogP contribution in [0.2, 0.25) is 30.3 Å². The molecule has 2 rings (SSSR count). The van der Waals surface area contributed by atoms with Gasteiger partial charge in [0.15, 0.2) is 0 Å². The van der Waals surface area contributed by atoms with E-state index in [-0.39, 0.29) is 36.9 Å². The van der Waals surface area contributed by atoms with Gasteiger partial charge >= 0.3 is 0 Å². The van der Waals surface area contributed by atoms with Crippen LogP contribution < -0.4 is 0 Å². The molecule has 2 aromatic rings. The number of halogens is 6. The smallest absolute Gasteiger partial charge is 0.129 e. The second kappa shape index (κ2) is 6.45. The summed E-state index contributed by atoms with van der Waals surface area (Å²) in [6.45, 7) is -0.276. The summed E-state index contributed by atoms with van der Waals surface area (Å²) >= 11 is 36.1. The summed E-state index contributed by atoms with van der Waals surface area (Å²) in [6.07, 6.45) is 1.43. The number of aliphatic hydroxyl groups is 1. The molecule has 0 aliphatic carbocycles.